The van der Waals surface area contributed by atoms with Crippen LogP contribution >= 0.6 is 0 Å². The van der Waals surface area contributed by atoms with E-state index in [1.54, 1.807) is 19.9 Å². The van der Waals surface area contributed by atoms with E-state index in [1.165, 1.54) is 57.1 Å². The van der Waals surface area contributed by atoms with Crippen LogP contribution < -0.4 is 4.90 Å². The second-order valence-corrected chi connectivity index (χ2v) is 13.1. The summed E-state index contributed by atoms with van der Waals surface area (Å²) in [4.78, 5) is 26.2. The number of nitrogens with zero attached hydrogens (tertiary/aromatic N) is 6. The van der Waals surface area contributed by atoms with Gasteiger partial charge in [0, 0.05) is 29.7 Å². The highest BCUT2D eigenvalue weighted by atomic mass is 16.5. The van der Waals surface area contributed by atoms with Gasteiger partial charge in [0.25, 0.3) is 0 Å². The molecule has 0 radical (unpaired) electrons. The van der Waals surface area contributed by atoms with E-state index in [0.29, 0.717) is 16.8 Å². The highest BCUT2D eigenvalue weighted by molar-refractivity contribution is 5.98. The minimum atomic E-state index is -0.781. The fraction of sp³-hybridized carbons (Fsp3) is 0.409. The molecule has 0 aliphatic heterocycles. The van der Waals surface area contributed by atoms with Gasteiger partial charge in [0.05, 0.1) is 43.5 Å². The van der Waals surface area contributed by atoms with Crippen molar-refractivity contribution in [3.63, 3.8) is 0 Å². The zero-order valence-corrected chi connectivity index (χ0v) is 31.1. The van der Waals surface area contributed by atoms with E-state index in [1.807, 2.05) is 54.6 Å². The molecule has 3 aromatic rings. The van der Waals surface area contributed by atoms with Gasteiger partial charge < -0.3 is 14.5 Å². The van der Waals surface area contributed by atoms with E-state index in [9.17, 15) is 4.79 Å². The fourth-order valence-corrected chi connectivity index (χ4v) is 6.81. The van der Waals surface area contributed by atoms with Gasteiger partial charge in [0.1, 0.15) is 0 Å². The van der Waals surface area contributed by atoms with Crippen LogP contribution in [0.25, 0.3) is 31.4 Å². The van der Waals surface area contributed by atoms with Crippen molar-refractivity contribution in [3.8, 4) is 0 Å². The molecule has 1 aliphatic carbocycles. The second-order valence-electron chi connectivity index (χ2n) is 13.1. The predicted octanol–water partition coefficient (Wildman–Crippen LogP) is 12.5. The third kappa shape index (κ3) is 10.0. The molecule has 0 aromatic heterocycles. The lowest BCUT2D eigenvalue weighted by Crippen LogP contribution is -2.25. The van der Waals surface area contributed by atoms with Crippen molar-refractivity contribution in [3.05, 3.63) is 129 Å². The SMILES string of the molecule is [C-]#[N+]C1=C(/C=C/c2ccc(N=Nc3ccc(N(CCCCCC)CCCCCC)cc3)c3ccccc23)C([N+]#[C-])C(CC(=O)OCC)/C1=C(\C)[N+]#[C-]. The highest BCUT2D eigenvalue weighted by Crippen LogP contribution is 2.45. The average Bonchev–Trinajstić information content (AvgIpc) is 3.47. The molecule has 0 N–H and O–H groups in total. The van der Waals surface area contributed by atoms with Gasteiger partial charge in [-0.2, -0.15) is 5.11 Å². The molecule has 0 bridgehead atoms. The zero-order chi connectivity index (χ0) is 37.3. The molecule has 2 atom stereocenters. The number of benzene rings is 3. The number of azo groups is 1. The molecule has 2 unspecified atom stereocenters. The minimum absolute atomic E-state index is 0.0683. The Bertz CT molecular complexity index is 1920. The molecule has 8 nitrogen and oxygen atoms in total. The molecule has 0 spiro atoms. The van der Waals surface area contributed by atoms with Gasteiger partial charge in [-0.15, -0.1) is 5.11 Å². The Balaban J connectivity index is 1.59. The van der Waals surface area contributed by atoms with Gasteiger partial charge >= 0.3 is 5.97 Å². The Kier molecular flexibility index (Phi) is 15.4. The smallest absolute Gasteiger partial charge is 0.306 e. The number of fused-ring (bicyclic) bond motifs is 1. The van der Waals surface area contributed by atoms with E-state index < -0.39 is 17.9 Å². The molecule has 0 fully saturated rings. The van der Waals surface area contributed by atoms with E-state index in [-0.39, 0.29) is 18.7 Å². The number of carbonyl (C=O) groups is 1. The maximum Gasteiger partial charge on any atom is 0.306 e. The molecule has 3 aromatic carbocycles. The summed E-state index contributed by atoms with van der Waals surface area (Å²) in [7, 11) is 0. The quantitative estimate of drug-likeness (QED) is 0.0576. The van der Waals surface area contributed by atoms with Gasteiger partial charge in [-0.05, 0) is 73.5 Å². The second kappa shape index (κ2) is 20.4. The van der Waals surface area contributed by atoms with Crippen molar-refractivity contribution < 1.29 is 9.53 Å². The topological polar surface area (TPSA) is 67.3 Å². The normalized spacial score (nSPS) is 16.6. The number of hydrogen-bond donors (Lipinski definition) is 0. The van der Waals surface area contributed by atoms with Crippen LogP contribution in [0.4, 0.5) is 17.1 Å². The summed E-state index contributed by atoms with van der Waals surface area (Å²) in [5.74, 6) is -1.07. The third-order valence-electron chi connectivity index (χ3n) is 9.53. The molecule has 52 heavy (non-hydrogen) atoms. The monoisotopic (exact) mass is 694 g/mol. The first kappa shape index (κ1) is 39.3. The van der Waals surface area contributed by atoms with Crippen molar-refractivity contribution in [2.24, 2.45) is 16.1 Å². The van der Waals surface area contributed by atoms with E-state index in [0.717, 1.165) is 40.8 Å². The lowest BCUT2D eigenvalue weighted by atomic mass is 9.91. The summed E-state index contributed by atoms with van der Waals surface area (Å²) in [6.45, 7) is 33.8. The van der Waals surface area contributed by atoms with Crippen LogP contribution in [0.5, 0.6) is 0 Å². The van der Waals surface area contributed by atoms with Crippen molar-refractivity contribution in [1.82, 2.24) is 0 Å². The number of rotatable bonds is 18. The van der Waals surface area contributed by atoms with Gasteiger partial charge in [-0.3, -0.25) is 4.79 Å². The molecule has 0 saturated heterocycles. The number of unbranched alkanes of at least 4 members (excludes halogenated alkanes) is 6. The summed E-state index contributed by atoms with van der Waals surface area (Å²) in [5, 5.41) is 11.1. The van der Waals surface area contributed by atoms with E-state index >= 15 is 0 Å². The number of esters is 1. The van der Waals surface area contributed by atoms with Crippen molar-refractivity contribution in [2.75, 3.05) is 24.6 Å². The molecule has 1 aliphatic rings. The largest absolute Gasteiger partial charge is 0.466 e. The Morgan fingerprint density at radius 3 is 2.10 bits per heavy atom. The van der Waals surface area contributed by atoms with E-state index in [2.05, 4.69) is 55.6 Å². The maximum atomic E-state index is 12.5. The van der Waals surface area contributed by atoms with Gasteiger partial charge in [-0.1, -0.05) is 94.9 Å². The predicted molar refractivity (Wildman–Crippen MR) is 212 cm³/mol. The first-order chi connectivity index (χ1) is 25.4. The minimum Gasteiger partial charge on any atom is -0.466 e. The summed E-state index contributed by atoms with van der Waals surface area (Å²) < 4.78 is 5.18. The molecule has 0 amide bonds. The van der Waals surface area contributed by atoms with Crippen LogP contribution in [-0.2, 0) is 9.53 Å². The third-order valence-corrected chi connectivity index (χ3v) is 9.53. The number of anilines is 1. The van der Waals surface area contributed by atoms with Gasteiger partial charge in [0.15, 0.2) is 11.4 Å². The number of ether oxygens (including phenoxy) is 1. The van der Waals surface area contributed by atoms with Crippen LogP contribution in [0.3, 0.4) is 0 Å². The van der Waals surface area contributed by atoms with Gasteiger partial charge in [0.2, 0.25) is 6.04 Å². The Morgan fingerprint density at radius 1 is 0.827 bits per heavy atom. The van der Waals surface area contributed by atoms with Crippen LogP contribution in [0.2, 0.25) is 0 Å². The molecule has 268 valence electrons. The average molecular weight is 695 g/mol. The van der Waals surface area contributed by atoms with Crippen LogP contribution in [0.15, 0.2) is 99.5 Å². The molecular formula is C44H50N6O2. The summed E-state index contributed by atoms with van der Waals surface area (Å²) in [6, 6.07) is 19.4. The standard InChI is InChI=1S/C44H50N6O2/c1-8-11-13-17-29-50(30-18-14-12-9-2)35-25-23-34(24-26-35)48-49-40-28-22-33(36-19-15-16-20-37(36)40)21-27-38-43(46-6)39(31-41(51)52-10-3)42(32(4)45-5)44(38)47-7/h15-16,19-28,39,43H,8-14,17-18,29-31H2,1-4H3/b27-21+,42-32-,49-48?. The first-order valence-electron chi connectivity index (χ1n) is 18.6. The number of allylic oxidation sites excluding steroid dienone is 2. The van der Waals surface area contributed by atoms with Crippen LogP contribution in [0.1, 0.15) is 91.0 Å². The Labute approximate surface area is 310 Å². The Hall–Kier alpha value is -5.52. The zero-order valence-electron chi connectivity index (χ0n) is 31.1. The van der Waals surface area contributed by atoms with Crippen LogP contribution in [-0.4, -0.2) is 31.7 Å². The summed E-state index contributed by atoms with van der Waals surface area (Å²) >= 11 is 0. The Morgan fingerprint density at radius 2 is 1.50 bits per heavy atom. The number of hydrogen-bond acceptors (Lipinski definition) is 5. The molecule has 0 saturated carbocycles. The van der Waals surface area contributed by atoms with Crippen molar-refractivity contribution >= 4 is 39.9 Å². The maximum absolute atomic E-state index is 12.5. The van der Waals surface area contributed by atoms with E-state index in [4.69, 9.17) is 24.5 Å². The first-order valence-corrected chi connectivity index (χ1v) is 18.6. The lowest BCUT2D eigenvalue weighted by molar-refractivity contribution is -0.143. The van der Waals surface area contributed by atoms with Gasteiger partial charge in [-0.25, -0.2) is 16.3 Å². The fourth-order valence-electron chi connectivity index (χ4n) is 6.81. The lowest BCUT2D eigenvalue weighted by Gasteiger charge is -2.25. The molecular weight excluding hydrogens is 645 g/mol. The number of carbonyl (C=O) groups excluding carboxylic acids is 1. The van der Waals surface area contributed by atoms with Crippen molar-refractivity contribution in [2.45, 2.75) is 91.5 Å². The molecule has 0 heterocycles. The van der Waals surface area contributed by atoms with Crippen molar-refractivity contribution in [1.29, 1.82) is 0 Å². The molecule has 4 rings (SSSR count). The molecule has 8 heteroatoms. The summed E-state index contributed by atoms with van der Waals surface area (Å²) in [5.41, 5.74) is 5.18. The van der Waals surface area contributed by atoms with Crippen LogP contribution in [0, 0.1) is 25.6 Å². The highest BCUT2D eigenvalue weighted by Gasteiger charge is 2.44. The summed E-state index contributed by atoms with van der Waals surface area (Å²) in [6.07, 6.45) is 13.6.